The minimum Gasteiger partial charge on any atom is -0.374 e. The Balaban J connectivity index is 1.73. The summed E-state index contributed by atoms with van der Waals surface area (Å²) in [7, 11) is 2.18. The van der Waals surface area contributed by atoms with Crippen LogP contribution in [0.2, 0.25) is 0 Å². The molecule has 1 aliphatic heterocycles. The Morgan fingerprint density at radius 1 is 1.33 bits per heavy atom. The molecule has 3 rings (SSSR count). The lowest BCUT2D eigenvalue weighted by Gasteiger charge is -2.29. The maximum Gasteiger partial charge on any atom is 0.176 e. The molecule has 8 heteroatoms. The Bertz CT molecular complexity index is 649. The number of ether oxygens (including phenoxy) is 1. The molecule has 0 N–H and O–H groups in total. The maximum absolute atomic E-state index is 5.49. The summed E-state index contributed by atoms with van der Waals surface area (Å²) in [5.74, 6) is 2.64. The van der Waals surface area contributed by atoms with Gasteiger partial charge in [0.2, 0.25) is 0 Å². The fourth-order valence-corrected chi connectivity index (χ4v) is 4.59. The van der Waals surface area contributed by atoms with Gasteiger partial charge < -0.3 is 9.64 Å². The van der Waals surface area contributed by atoms with E-state index in [4.69, 9.17) is 14.8 Å². The minimum absolute atomic E-state index is 0.442. The molecule has 1 saturated heterocycles. The van der Waals surface area contributed by atoms with E-state index in [0.29, 0.717) is 19.3 Å². The van der Waals surface area contributed by atoms with Gasteiger partial charge in [-0.15, -0.1) is 11.3 Å². The smallest absolute Gasteiger partial charge is 0.176 e. The number of thiazole rings is 1. The van der Waals surface area contributed by atoms with E-state index in [-0.39, 0.29) is 0 Å². The lowest BCUT2D eigenvalue weighted by atomic mass is 10.1. The number of nitrogens with zero attached hydrogens (tertiary/aromatic N) is 5. The van der Waals surface area contributed by atoms with Gasteiger partial charge in [-0.05, 0) is 46.8 Å². The quantitative estimate of drug-likeness (QED) is 0.701. The topological polar surface area (TPSA) is 56.1 Å². The van der Waals surface area contributed by atoms with E-state index in [1.165, 1.54) is 0 Å². The van der Waals surface area contributed by atoms with Crippen molar-refractivity contribution in [2.24, 2.45) is 0 Å². The predicted octanol–water partition coefficient (Wildman–Crippen LogP) is 3.14. The second kappa shape index (κ2) is 8.42. The van der Waals surface area contributed by atoms with Crippen molar-refractivity contribution in [2.75, 3.05) is 26.7 Å². The van der Waals surface area contributed by atoms with Crippen LogP contribution in [0.1, 0.15) is 43.1 Å². The molecule has 0 radical (unpaired) electrons. The number of rotatable bonds is 7. The van der Waals surface area contributed by atoms with E-state index < -0.39 is 0 Å². The van der Waals surface area contributed by atoms with Crippen molar-refractivity contribution in [3.05, 3.63) is 22.7 Å². The monoisotopic (exact) mass is 367 g/mol. The van der Waals surface area contributed by atoms with E-state index in [2.05, 4.69) is 27.0 Å². The standard InChI is InChI=1S/C16H25N5OS2/c1-4-22-9-14-18-15(11-24-16-17-12(2)10-23-16)21(19-14)13-5-7-20(3)8-6-13/h10,13H,4-9,11H2,1-3H3. The molecule has 0 amide bonds. The van der Waals surface area contributed by atoms with Crippen LogP contribution in [0.4, 0.5) is 0 Å². The molecular weight excluding hydrogens is 342 g/mol. The summed E-state index contributed by atoms with van der Waals surface area (Å²) in [4.78, 5) is 11.6. The summed E-state index contributed by atoms with van der Waals surface area (Å²) in [6.07, 6.45) is 2.25. The number of hydrogen-bond donors (Lipinski definition) is 0. The summed E-state index contributed by atoms with van der Waals surface area (Å²) >= 11 is 3.44. The number of hydrogen-bond acceptors (Lipinski definition) is 7. The van der Waals surface area contributed by atoms with Gasteiger partial charge in [0.05, 0.1) is 11.8 Å². The second-order valence-corrected chi connectivity index (χ2v) is 8.18. The summed E-state index contributed by atoms with van der Waals surface area (Å²) in [5.41, 5.74) is 1.08. The van der Waals surface area contributed by atoms with E-state index in [1.807, 2.05) is 13.8 Å². The van der Waals surface area contributed by atoms with Crippen molar-refractivity contribution >= 4 is 23.1 Å². The second-order valence-electron chi connectivity index (χ2n) is 6.10. The van der Waals surface area contributed by atoms with E-state index >= 15 is 0 Å². The van der Waals surface area contributed by atoms with Crippen LogP contribution < -0.4 is 0 Å². The maximum atomic E-state index is 5.49. The third-order valence-electron chi connectivity index (χ3n) is 4.14. The molecular formula is C16H25N5OS2. The Morgan fingerprint density at radius 3 is 2.79 bits per heavy atom. The van der Waals surface area contributed by atoms with E-state index in [0.717, 1.165) is 53.4 Å². The van der Waals surface area contributed by atoms with Crippen LogP contribution >= 0.6 is 23.1 Å². The summed E-state index contributed by atoms with van der Waals surface area (Å²) in [6, 6.07) is 0.442. The molecule has 0 spiro atoms. The van der Waals surface area contributed by atoms with Crippen LogP contribution in [0.15, 0.2) is 9.72 Å². The number of likely N-dealkylation sites (tertiary alicyclic amines) is 1. The first kappa shape index (κ1) is 17.8. The molecule has 0 bridgehead atoms. The summed E-state index contributed by atoms with van der Waals surface area (Å²) in [6.45, 7) is 7.43. The van der Waals surface area contributed by atoms with Gasteiger partial charge in [-0.2, -0.15) is 5.10 Å². The Kier molecular flexibility index (Phi) is 6.26. The number of aryl methyl sites for hydroxylation is 1. The highest BCUT2D eigenvalue weighted by molar-refractivity contribution is 8.00. The third kappa shape index (κ3) is 4.56. The highest BCUT2D eigenvalue weighted by Crippen LogP contribution is 2.28. The Labute approximate surface area is 151 Å². The molecule has 6 nitrogen and oxygen atoms in total. The van der Waals surface area contributed by atoms with E-state index in [1.54, 1.807) is 23.1 Å². The molecule has 0 unspecified atom stereocenters. The zero-order valence-electron chi connectivity index (χ0n) is 14.6. The molecule has 1 aliphatic rings. The van der Waals surface area contributed by atoms with Gasteiger partial charge in [-0.25, -0.2) is 14.6 Å². The predicted molar refractivity (Wildman–Crippen MR) is 97.5 cm³/mol. The van der Waals surface area contributed by atoms with Gasteiger partial charge in [-0.3, -0.25) is 0 Å². The van der Waals surface area contributed by atoms with Crippen LogP contribution in [0.25, 0.3) is 0 Å². The first-order valence-corrected chi connectivity index (χ1v) is 10.3. The van der Waals surface area contributed by atoms with Crippen molar-refractivity contribution < 1.29 is 4.74 Å². The van der Waals surface area contributed by atoms with Gasteiger partial charge in [0, 0.05) is 17.7 Å². The Hall–Kier alpha value is -0.960. The summed E-state index contributed by atoms with van der Waals surface area (Å²) in [5, 5.41) is 6.83. The SMILES string of the molecule is CCOCc1nc(CSc2nc(C)cs2)n(C2CCN(C)CC2)n1. The van der Waals surface area contributed by atoms with Crippen LogP contribution in [-0.4, -0.2) is 51.4 Å². The van der Waals surface area contributed by atoms with Crippen molar-refractivity contribution in [2.45, 2.75) is 49.4 Å². The molecule has 132 valence electrons. The molecule has 2 aromatic heterocycles. The zero-order chi connectivity index (χ0) is 16.9. The van der Waals surface area contributed by atoms with Crippen molar-refractivity contribution in [1.82, 2.24) is 24.6 Å². The lowest BCUT2D eigenvalue weighted by Crippen LogP contribution is -2.32. The molecule has 0 aliphatic carbocycles. The van der Waals surface area contributed by atoms with Crippen LogP contribution in [0, 0.1) is 6.92 Å². The fraction of sp³-hybridized carbons (Fsp3) is 0.688. The van der Waals surface area contributed by atoms with Gasteiger partial charge in [-0.1, -0.05) is 11.8 Å². The highest BCUT2D eigenvalue weighted by atomic mass is 32.2. The first-order valence-electron chi connectivity index (χ1n) is 8.41. The van der Waals surface area contributed by atoms with Crippen LogP contribution in [-0.2, 0) is 17.1 Å². The highest BCUT2D eigenvalue weighted by Gasteiger charge is 2.23. The third-order valence-corrected chi connectivity index (χ3v) is 6.27. The summed E-state index contributed by atoms with van der Waals surface area (Å²) < 4.78 is 8.74. The molecule has 0 saturated carbocycles. The molecule has 24 heavy (non-hydrogen) atoms. The largest absolute Gasteiger partial charge is 0.374 e. The van der Waals surface area contributed by atoms with E-state index in [9.17, 15) is 0 Å². The zero-order valence-corrected chi connectivity index (χ0v) is 16.2. The Morgan fingerprint density at radius 2 is 2.12 bits per heavy atom. The molecule has 0 aromatic carbocycles. The number of piperidine rings is 1. The molecule has 0 atom stereocenters. The number of thioether (sulfide) groups is 1. The molecule has 3 heterocycles. The van der Waals surface area contributed by atoms with Gasteiger partial charge in [0.15, 0.2) is 10.2 Å². The number of aromatic nitrogens is 4. The first-order chi connectivity index (χ1) is 11.7. The normalized spacial score (nSPS) is 16.8. The van der Waals surface area contributed by atoms with Crippen molar-refractivity contribution in [3.8, 4) is 0 Å². The molecule has 1 fully saturated rings. The average molecular weight is 368 g/mol. The van der Waals surface area contributed by atoms with Gasteiger partial charge in [0.25, 0.3) is 0 Å². The minimum atomic E-state index is 0.442. The van der Waals surface area contributed by atoms with Gasteiger partial charge in [0.1, 0.15) is 12.4 Å². The van der Waals surface area contributed by atoms with Crippen LogP contribution in [0.3, 0.4) is 0 Å². The molecule has 2 aromatic rings. The average Bonchev–Trinajstić information content (AvgIpc) is 3.18. The lowest BCUT2D eigenvalue weighted by molar-refractivity contribution is 0.127. The van der Waals surface area contributed by atoms with Crippen molar-refractivity contribution in [1.29, 1.82) is 0 Å². The van der Waals surface area contributed by atoms with Crippen LogP contribution in [0.5, 0.6) is 0 Å². The van der Waals surface area contributed by atoms with Crippen molar-refractivity contribution in [3.63, 3.8) is 0 Å². The van der Waals surface area contributed by atoms with Gasteiger partial charge >= 0.3 is 0 Å². The fourth-order valence-electron chi connectivity index (χ4n) is 2.81.